The maximum absolute atomic E-state index is 2.65. The Labute approximate surface area is 495 Å². The van der Waals surface area contributed by atoms with Crippen molar-refractivity contribution in [3.63, 3.8) is 0 Å². The van der Waals surface area contributed by atoms with Crippen LogP contribution in [0.4, 0.5) is 17.1 Å². The third-order valence-corrected chi connectivity index (χ3v) is 29.8. The first-order chi connectivity index (χ1) is 35.4. The molecule has 3 nitrogen and oxygen atoms in total. The number of benzene rings is 3. The lowest BCUT2D eigenvalue weighted by atomic mass is 9.25. The summed E-state index contributed by atoms with van der Waals surface area (Å²) in [5.41, 5.74) is 10.5. The van der Waals surface area contributed by atoms with Gasteiger partial charge in [0.15, 0.2) is 0 Å². The molecule has 0 amide bonds. The van der Waals surface area contributed by atoms with Gasteiger partial charge in [0.1, 0.15) is 0 Å². The zero-order valence-electron chi connectivity index (χ0n) is 60.8. The molecule has 3 heterocycles. The largest absolute Gasteiger partial charge is 0.369 e. The SMILES string of the molecule is CC.CC.CC.CC.CN1c2ccccc2C(C)(C)C(C)(C)C1(C)C.CN1c2ccccc2C(C)(C)C2(C)C(C)(C)C(C)(C)C(C)(C)C(C)(C)C12C.CN1c2ccccc2C(C)(C)C2(C)C(C)(C)C(C)(C)C(C)(C)C(C)(C)C12C. The molecule has 2 saturated carbocycles. The Morgan fingerprint density at radius 1 is 0.228 bits per heavy atom. The minimum Gasteiger partial charge on any atom is -0.369 e. The summed E-state index contributed by atoms with van der Waals surface area (Å²) in [5.74, 6) is 0. The molecule has 2 fully saturated rings. The fraction of sp³-hybridized carbons (Fsp3) is 0.763. The van der Waals surface area contributed by atoms with E-state index in [-0.39, 0.29) is 92.4 Å². The van der Waals surface area contributed by atoms with E-state index >= 15 is 0 Å². The third-order valence-electron chi connectivity index (χ3n) is 29.8. The molecular formula is C76H135N3. The van der Waals surface area contributed by atoms with Crippen LogP contribution in [0.5, 0.6) is 0 Å². The molecule has 0 N–H and O–H groups in total. The van der Waals surface area contributed by atoms with Crippen LogP contribution < -0.4 is 14.7 Å². The first-order valence-corrected chi connectivity index (χ1v) is 31.9. The molecule has 79 heavy (non-hydrogen) atoms. The summed E-state index contributed by atoms with van der Waals surface area (Å²) in [4.78, 5) is 7.73. The van der Waals surface area contributed by atoms with E-state index in [0.29, 0.717) is 0 Å². The number of hydrogen-bond acceptors (Lipinski definition) is 3. The molecule has 3 heteroatoms. The molecule has 8 rings (SSSR count). The lowest BCUT2D eigenvalue weighted by molar-refractivity contribution is -0.281. The van der Waals surface area contributed by atoms with Crippen molar-refractivity contribution in [1.82, 2.24) is 0 Å². The van der Waals surface area contributed by atoms with Crippen molar-refractivity contribution in [2.24, 2.45) is 59.6 Å². The Morgan fingerprint density at radius 2 is 0.430 bits per heavy atom. The van der Waals surface area contributed by atoms with Crippen LogP contribution in [0, 0.1) is 59.6 Å². The van der Waals surface area contributed by atoms with Crippen molar-refractivity contribution in [3.05, 3.63) is 89.5 Å². The van der Waals surface area contributed by atoms with Crippen molar-refractivity contribution in [1.29, 1.82) is 0 Å². The van der Waals surface area contributed by atoms with Crippen LogP contribution in [-0.4, -0.2) is 37.8 Å². The van der Waals surface area contributed by atoms with Crippen molar-refractivity contribution >= 4 is 17.1 Å². The predicted molar refractivity (Wildman–Crippen MR) is 360 cm³/mol. The molecule has 4 unspecified atom stereocenters. The molecule has 4 atom stereocenters. The zero-order chi connectivity index (χ0) is 63.2. The summed E-state index contributed by atoms with van der Waals surface area (Å²) < 4.78 is 0. The second-order valence-corrected chi connectivity index (χ2v) is 31.7. The minimum absolute atomic E-state index is 0.000370. The highest BCUT2D eigenvalue weighted by Crippen LogP contribution is 2.83. The van der Waals surface area contributed by atoms with E-state index in [0.717, 1.165) is 0 Å². The molecule has 454 valence electrons. The monoisotopic (exact) mass is 1090 g/mol. The Hall–Kier alpha value is -2.94. The highest BCUT2D eigenvalue weighted by molar-refractivity contribution is 5.67. The van der Waals surface area contributed by atoms with E-state index in [4.69, 9.17) is 0 Å². The molecule has 0 bridgehead atoms. The van der Waals surface area contributed by atoms with Crippen LogP contribution in [-0.2, 0) is 16.2 Å². The summed E-state index contributed by atoms with van der Waals surface area (Å²) in [7, 11) is 6.91. The van der Waals surface area contributed by atoms with Crippen molar-refractivity contribution in [2.45, 2.75) is 296 Å². The smallest absolute Gasteiger partial charge is 0.0494 e. The van der Waals surface area contributed by atoms with Crippen LogP contribution >= 0.6 is 0 Å². The number of nitrogens with zero attached hydrogens (tertiary/aromatic N) is 3. The van der Waals surface area contributed by atoms with Gasteiger partial charge >= 0.3 is 0 Å². The lowest BCUT2D eigenvalue weighted by Crippen LogP contribution is -2.84. The molecule has 0 saturated heterocycles. The first kappa shape index (κ1) is 72.2. The van der Waals surface area contributed by atoms with Crippen LogP contribution in [0.2, 0.25) is 0 Å². The average Bonchev–Trinajstić information content (AvgIpc) is 3.39. The maximum atomic E-state index is 2.65. The number of fused-ring (bicyclic) bond motifs is 5. The molecule has 2 aliphatic carbocycles. The number of para-hydroxylation sites is 3. The van der Waals surface area contributed by atoms with Gasteiger partial charge in [0.25, 0.3) is 0 Å². The summed E-state index contributed by atoms with van der Waals surface area (Å²) in [5, 5.41) is 0. The second-order valence-electron chi connectivity index (χ2n) is 31.7. The molecule has 3 aliphatic heterocycles. The molecule has 0 spiro atoms. The van der Waals surface area contributed by atoms with Crippen molar-refractivity contribution < 1.29 is 0 Å². The normalized spacial score (nSPS) is 31.0. The second kappa shape index (κ2) is 21.6. The Kier molecular flexibility index (Phi) is 19.7. The van der Waals surface area contributed by atoms with Gasteiger partial charge in [-0.15, -0.1) is 0 Å². The van der Waals surface area contributed by atoms with E-state index in [9.17, 15) is 0 Å². The summed E-state index contributed by atoms with van der Waals surface area (Å²) in [6, 6.07) is 27.1. The minimum atomic E-state index is 0.000370. The summed E-state index contributed by atoms with van der Waals surface area (Å²) >= 11 is 0. The van der Waals surface area contributed by atoms with Gasteiger partial charge in [-0.2, -0.15) is 0 Å². The number of rotatable bonds is 0. The molecule has 0 radical (unpaired) electrons. The Balaban J connectivity index is 0.000000389. The van der Waals surface area contributed by atoms with E-state index in [1.165, 1.54) is 33.8 Å². The van der Waals surface area contributed by atoms with Gasteiger partial charge in [-0.25, -0.2) is 0 Å². The van der Waals surface area contributed by atoms with Gasteiger partial charge in [-0.1, -0.05) is 290 Å². The van der Waals surface area contributed by atoms with E-state index in [1.807, 2.05) is 55.4 Å². The predicted octanol–water partition coefficient (Wildman–Crippen LogP) is 22.9. The molecule has 0 aromatic heterocycles. The topological polar surface area (TPSA) is 9.72 Å². The van der Waals surface area contributed by atoms with Crippen molar-refractivity contribution in [3.8, 4) is 0 Å². The van der Waals surface area contributed by atoms with Gasteiger partial charge in [0.05, 0.1) is 0 Å². The molecular weight excluding hydrogens is 955 g/mol. The Bertz CT molecular complexity index is 2410. The maximum Gasteiger partial charge on any atom is 0.0494 e. The van der Waals surface area contributed by atoms with Gasteiger partial charge in [-0.05, 0) is 128 Å². The fourth-order valence-electron chi connectivity index (χ4n) is 19.1. The average molecular weight is 1090 g/mol. The van der Waals surface area contributed by atoms with Crippen LogP contribution in [0.15, 0.2) is 72.8 Å². The van der Waals surface area contributed by atoms with Crippen molar-refractivity contribution in [2.75, 3.05) is 35.8 Å². The van der Waals surface area contributed by atoms with E-state index in [1.54, 1.807) is 0 Å². The number of anilines is 3. The fourth-order valence-corrected chi connectivity index (χ4v) is 19.1. The van der Waals surface area contributed by atoms with E-state index < -0.39 is 0 Å². The highest BCUT2D eigenvalue weighted by Gasteiger charge is 2.82. The van der Waals surface area contributed by atoms with Gasteiger partial charge in [-0.3, -0.25) is 0 Å². The zero-order valence-corrected chi connectivity index (χ0v) is 60.8. The van der Waals surface area contributed by atoms with Gasteiger partial charge < -0.3 is 14.7 Å². The highest BCUT2D eigenvalue weighted by atomic mass is 15.3. The molecule has 5 aliphatic rings. The quantitative estimate of drug-likeness (QED) is 0.222. The summed E-state index contributed by atoms with van der Waals surface area (Å²) in [6.45, 7) is 91.0. The lowest BCUT2D eigenvalue weighted by Gasteiger charge is -2.83. The number of hydrogen-bond donors (Lipinski definition) is 0. The standard InChI is InChI=1S/2C26H43N.C16H25N.4C2H6/c2*1-20(2)18-16-14-15-17-19(18)27(13)26(12)24(9,10)22(5,6)21(3,4)23(7,8)25(20,26)11;1-14(2)12-10-8-9-11-13(12)17(7)16(5,6)15(14,3)4;4*1-2/h2*14-17H,1-13H3;8-11H,1-7H3;4*1-2H3. The van der Waals surface area contributed by atoms with Crippen LogP contribution in [0.3, 0.4) is 0 Å². The third kappa shape index (κ3) is 8.13. The van der Waals surface area contributed by atoms with Crippen LogP contribution in [0.25, 0.3) is 0 Å². The molecule has 3 aromatic carbocycles. The van der Waals surface area contributed by atoms with Gasteiger partial charge in [0, 0.05) is 65.7 Å². The van der Waals surface area contributed by atoms with E-state index in [2.05, 4.69) is 316 Å². The summed E-state index contributed by atoms with van der Waals surface area (Å²) in [6.07, 6.45) is 0. The van der Waals surface area contributed by atoms with Gasteiger partial charge in [0.2, 0.25) is 0 Å². The first-order valence-electron chi connectivity index (χ1n) is 31.9. The Morgan fingerprint density at radius 3 is 0.684 bits per heavy atom. The molecule has 3 aromatic rings. The van der Waals surface area contributed by atoms with Crippen LogP contribution in [0.1, 0.15) is 280 Å².